The van der Waals surface area contributed by atoms with Crippen molar-refractivity contribution in [3.05, 3.63) is 94.5 Å². The summed E-state index contributed by atoms with van der Waals surface area (Å²) in [5, 5.41) is 3.51. The zero-order valence-corrected chi connectivity index (χ0v) is 20.3. The number of ether oxygens (including phenoxy) is 1. The number of hydrogen-bond acceptors (Lipinski definition) is 4. The van der Waals surface area contributed by atoms with Crippen molar-refractivity contribution in [1.82, 2.24) is 10.0 Å². The number of halogens is 1. The number of benzene rings is 3. The van der Waals surface area contributed by atoms with Crippen LogP contribution in [-0.2, 0) is 21.2 Å². The summed E-state index contributed by atoms with van der Waals surface area (Å²) in [5.74, 6) is -0.224. The van der Waals surface area contributed by atoms with Crippen LogP contribution in [0.2, 0.25) is 5.02 Å². The molecular formula is C25H27ClN2O4S. The Kier molecular flexibility index (Phi) is 8.13. The third kappa shape index (κ3) is 6.57. The third-order valence-corrected chi connectivity index (χ3v) is 6.98. The van der Waals surface area contributed by atoms with E-state index in [-0.39, 0.29) is 23.1 Å². The third-order valence-electron chi connectivity index (χ3n) is 5.23. The molecule has 0 saturated carbocycles. The molecule has 0 saturated heterocycles. The van der Waals surface area contributed by atoms with Gasteiger partial charge < -0.3 is 10.1 Å². The van der Waals surface area contributed by atoms with E-state index >= 15 is 0 Å². The van der Waals surface area contributed by atoms with Crippen LogP contribution < -0.4 is 14.8 Å². The van der Waals surface area contributed by atoms with Gasteiger partial charge in [0.25, 0.3) is 0 Å². The fraction of sp³-hybridized carbons (Fsp3) is 0.240. The maximum absolute atomic E-state index is 13.3. The van der Waals surface area contributed by atoms with Crippen LogP contribution in [0.3, 0.4) is 0 Å². The van der Waals surface area contributed by atoms with E-state index in [0.29, 0.717) is 5.02 Å². The van der Waals surface area contributed by atoms with Crippen molar-refractivity contribution in [2.45, 2.75) is 37.2 Å². The van der Waals surface area contributed by atoms with E-state index in [4.69, 9.17) is 16.3 Å². The molecule has 0 fully saturated rings. The van der Waals surface area contributed by atoms with Gasteiger partial charge in [-0.2, -0.15) is 4.72 Å². The summed E-state index contributed by atoms with van der Waals surface area (Å²) in [7, 11) is -2.64. The van der Waals surface area contributed by atoms with Crippen molar-refractivity contribution < 1.29 is 17.9 Å². The molecule has 0 radical (unpaired) electrons. The minimum absolute atomic E-state index is 0.0124. The largest absolute Gasteiger partial charge is 0.495 e. The lowest BCUT2D eigenvalue weighted by atomic mass is 10.0. The normalized spacial score (nSPS) is 13.2. The Morgan fingerprint density at radius 1 is 1.03 bits per heavy atom. The molecule has 174 valence electrons. The Hall–Kier alpha value is -2.87. The molecule has 0 aromatic heterocycles. The molecule has 0 heterocycles. The second-order valence-electron chi connectivity index (χ2n) is 7.80. The van der Waals surface area contributed by atoms with Gasteiger partial charge in [-0.1, -0.05) is 60.1 Å². The van der Waals surface area contributed by atoms with Crippen molar-refractivity contribution in [1.29, 1.82) is 0 Å². The number of sulfonamides is 1. The SMILES string of the molecule is COc1ccc(C)cc1S(=O)(=O)N[C@H](Cc1ccccc1)C(=O)N[C@@H](C)c1ccc(Cl)cc1. The monoisotopic (exact) mass is 486 g/mol. The number of methoxy groups -OCH3 is 1. The summed E-state index contributed by atoms with van der Waals surface area (Å²) in [4.78, 5) is 13.2. The first-order valence-electron chi connectivity index (χ1n) is 10.5. The smallest absolute Gasteiger partial charge is 0.244 e. The van der Waals surface area contributed by atoms with Crippen molar-refractivity contribution in [3.8, 4) is 5.75 Å². The van der Waals surface area contributed by atoms with E-state index in [0.717, 1.165) is 16.7 Å². The number of amides is 1. The minimum Gasteiger partial charge on any atom is -0.495 e. The van der Waals surface area contributed by atoms with Gasteiger partial charge in [0.05, 0.1) is 13.2 Å². The van der Waals surface area contributed by atoms with E-state index in [9.17, 15) is 13.2 Å². The van der Waals surface area contributed by atoms with Crippen LogP contribution in [0.4, 0.5) is 0 Å². The summed E-state index contributed by atoms with van der Waals surface area (Å²) in [5.41, 5.74) is 2.45. The molecule has 0 unspecified atom stereocenters. The number of nitrogens with one attached hydrogen (secondary N) is 2. The first-order chi connectivity index (χ1) is 15.7. The predicted octanol–water partition coefficient (Wildman–Crippen LogP) is 4.42. The summed E-state index contributed by atoms with van der Waals surface area (Å²) < 4.78 is 34.4. The lowest BCUT2D eigenvalue weighted by molar-refractivity contribution is -0.123. The van der Waals surface area contributed by atoms with Gasteiger partial charge >= 0.3 is 0 Å². The zero-order valence-electron chi connectivity index (χ0n) is 18.7. The molecule has 0 spiro atoms. The molecule has 3 rings (SSSR count). The molecule has 3 aromatic rings. The molecule has 0 aliphatic rings. The number of hydrogen-bond donors (Lipinski definition) is 2. The van der Waals surface area contributed by atoms with Crippen LogP contribution in [0.5, 0.6) is 5.75 Å². The minimum atomic E-state index is -4.05. The molecule has 0 aliphatic carbocycles. The van der Waals surface area contributed by atoms with Gasteiger partial charge in [0, 0.05) is 5.02 Å². The van der Waals surface area contributed by atoms with Gasteiger partial charge in [-0.3, -0.25) is 4.79 Å². The van der Waals surface area contributed by atoms with Crippen LogP contribution in [0.25, 0.3) is 0 Å². The molecule has 6 nitrogen and oxygen atoms in total. The Labute approximate surface area is 200 Å². The van der Waals surface area contributed by atoms with Crippen LogP contribution >= 0.6 is 11.6 Å². The van der Waals surface area contributed by atoms with Gasteiger partial charge in [0.2, 0.25) is 15.9 Å². The van der Waals surface area contributed by atoms with Gasteiger partial charge in [-0.05, 0) is 61.2 Å². The molecule has 0 bridgehead atoms. The Morgan fingerprint density at radius 3 is 2.33 bits per heavy atom. The standard InChI is InChI=1S/C25H27ClN2O4S/c1-17-9-14-23(32-3)24(15-17)33(30,31)28-22(16-19-7-5-4-6-8-19)25(29)27-18(2)20-10-12-21(26)13-11-20/h4-15,18,22,28H,16H2,1-3H3,(H,27,29)/t18-,22+/m0/s1. The predicted molar refractivity (Wildman–Crippen MR) is 130 cm³/mol. The maximum Gasteiger partial charge on any atom is 0.244 e. The van der Waals surface area contributed by atoms with Crippen LogP contribution in [0, 0.1) is 6.92 Å². The first kappa shape index (κ1) is 24.8. The highest BCUT2D eigenvalue weighted by atomic mass is 35.5. The molecule has 1 amide bonds. The quantitative estimate of drug-likeness (QED) is 0.468. The van der Waals surface area contributed by atoms with Gasteiger partial charge in [-0.15, -0.1) is 0 Å². The fourth-order valence-corrected chi connectivity index (χ4v) is 5.01. The Morgan fingerprint density at radius 2 is 1.70 bits per heavy atom. The highest BCUT2D eigenvalue weighted by Crippen LogP contribution is 2.25. The maximum atomic E-state index is 13.3. The van der Waals surface area contributed by atoms with Gasteiger partial charge in [0.15, 0.2) is 0 Å². The first-order valence-corrected chi connectivity index (χ1v) is 12.3. The topological polar surface area (TPSA) is 84.5 Å². The van der Waals surface area contributed by atoms with Crippen LogP contribution in [0.1, 0.15) is 29.7 Å². The molecule has 2 atom stereocenters. The Balaban J connectivity index is 1.88. The average molecular weight is 487 g/mol. The summed E-state index contributed by atoms with van der Waals surface area (Å²) >= 11 is 5.96. The van der Waals surface area contributed by atoms with Crippen molar-refractivity contribution in [2.24, 2.45) is 0 Å². The molecule has 33 heavy (non-hydrogen) atoms. The fourth-order valence-electron chi connectivity index (χ4n) is 3.43. The van der Waals surface area contributed by atoms with E-state index in [1.54, 1.807) is 31.2 Å². The molecule has 2 N–H and O–H groups in total. The van der Waals surface area contributed by atoms with E-state index in [1.807, 2.05) is 49.4 Å². The second kappa shape index (κ2) is 10.8. The van der Waals surface area contributed by atoms with Crippen molar-refractivity contribution in [2.75, 3.05) is 7.11 Å². The number of rotatable bonds is 9. The lowest BCUT2D eigenvalue weighted by Gasteiger charge is -2.22. The van der Waals surface area contributed by atoms with Crippen LogP contribution in [-0.4, -0.2) is 27.5 Å². The highest BCUT2D eigenvalue weighted by molar-refractivity contribution is 7.89. The molecule has 0 aliphatic heterocycles. The van der Waals surface area contributed by atoms with Crippen molar-refractivity contribution in [3.63, 3.8) is 0 Å². The number of carbonyl (C=O) groups is 1. The van der Waals surface area contributed by atoms with Gasteiger partial charge in [-0.25, -0.2) is 8.42 Å². The highest BCUT2D eigenvalue weighted by Gasteiger charge is 2.29. The average Bonchev–Trinajstić information content (AvgIpc) is 2.79. The number of carbonyl (C=O) groups excluding carboxylic acids is 1. The summed E-state index contributed by atoms with van der Waals surface area (Å²) in [6.45, 7) is 3.62. The van der Waals surface area contributed by atoms with Crippen molar-refractivity contribution >= 4 is 27.5 Å². The molecule has 3 aromatic carbocycles. The molecule has 8 heteroatoms. The summed E-state index contributed by atoms with van der Waals surface area (Å²) in [6, 6.07) is 19.9. The van der Waals surface area contributed by atoms with E-state index in [2.05, 4.69) is 10.0 Å². The molecular weight excluding hydrogens is 460 g/mol. The van der Waals surface area contributed by atoms with Gasteiger partial charge in [0.1, 0.15) is 16.7 Å². The van der Waals surface area contributed by atoms with E-state index < -0.39 is 22.0 Å². The Bertz CT molecular complexity index is 1200. The lowest BCUT2D eigenvalue weighted by Crippen LogP contribution is -2.48. The second-order valence-corrected chi connectivity index (χ2v) is 9.92. The summed E-state index contributed by atoms with van der Waals surface area (Å²) in [6.07, 6.45) is 0.188. The van der Waals surface area contributed by atoms with E-state index in [1.165, 1.54) is 13.2 Å². The van der Waals surface area contributed by atoms with Crippen LogP contribution in [0.15, 0.2) is 77.7 Å². The zero-order chi connectivity index (χ0) is 24.0. The number of aryl methyl sites for hydroxylation is 1.